The number of hydrogen-bond acceptors (Lipinski definition) is 5. The molecule has 2 N–H and O–H groups in total. The number of amides is 1. The Morgan fingerprint density at radius 2 is 1.72 bits per heavy atom. The summed E-state index contributed by atoms with van der Waals surface area (Å²) in [5.74, 6) is -0.940. The summed E-state index contributed by atoms with van der Waals surface area (Å²) in [6.45, 7) is 3.70. The molecule has 2 aromatic carbocycles. The number of carbonyl (C=O) groups is 1. The summed E-state index contributed by atoms with van der Waals surface area (Å²) >= 11 is 0. The minimum atomic E-state index is -0.682. The molecule has 5 rings (SSSR count). The van der Waals surface area contributed by atoms with Gasteiger partial charge in [-0.1, -0.05) is 18.2 Å². The summed E-state index contributed by atoms with van der Waals surface area (Å²) < 4.78 is 33.5. The fraction of sp³-hybridized carbons (Fsp3) is 0.357. The third kappa shape index (κ3) is 5.18. The molecule has 2 fully saturated rings. The molecule has 1 amide bonds. The molecule has 6 nitrogen and oxygen atoms in total. The monoisotopic (exact) mass is 492 g/mol. The highest BCUT2D eigenvalue weighted by Crippen LogP contribution is 2.29. The molecule has 0 bridgehead atoms. The van der Waals surface area contributed by atoms with Crippen molar-refractivity contribution in [2.75, 3.05) is 31.9 Å². The molecule has 3 aromatic rings. The van der Waals surface area contributed by atoms with Gasteiger partial charge in [0.1, 0.15) is 18.2 Å². The largest absolute Gasteiger partial charge is 0.485 e. The van der Waals surface area contributed by atoms with E-state index in [1.807, 2.05) is 29.2 Å². The number of nitrogens with two attached hydrogens (primary N) is 1. The molecule has 3 heterocycles. The van der Waals surface area contributed by atoms with Crippen molar-refractivity contribution >= 4 is 11.7 Å². The topological polar surface area (TPSA) is 71.7 Å². The van der Waals surface area contributed by atoms with Crippen LogP contribution in [0.4, 0.5) is 14.6 Å². The van der Waals surface area contributed by atoms with Crippen LogP contribution in [0.25, 0.3) is 11.1 Å². The van der Waals surface area contributed by atoms with E-state index in [0.717, 1.165) is 50.1 Å². The Balaban J connectivity index is 1.28. The van der Waals surface area contributed by atoms with Gasteiger partial charge in [-0.25, -0.2) is 13.8 Å². The Kier molecular flexibility index (Phi) is 7.13. The van der Waals surface area contributed by atoms with E-state index in [9.17, 15) is 13.6 Å². The molecule has 0 aliphatic carbocycles. The lowest BCUT2D eigenvalue weighted by Crippen LogP contribution is -2.42. The van der Waals surface area contributed by atoms with Crippen LogP contribution in [-0.2, 0) is 6.61 Å². The predicted octanol–water partition coefficient (Wildman–Crippen LogP) is 4.89. The van der Waals surface area contributed by atoms with E-state index in [1.165, 1.54) is 31.0 Å². The maximum absolute atomic E-state index is 13.9. The molecule has 1 aromatic heterocycles. The Labute approximate surface area is 209 Å². The summed E-state index contributed by atoms with van der Waals surface area (Å²) in [6.07, 6.45) is 6.19. The van der Waals surface area contributed by atoms with Gasteiger partial charge in [-0.15, -0.1) is 0 Å². The molecule has 2 saturated heterocycles. The second-order valence-corrected chi connectivity index (χ2v) is 9.48. The number of aromatic nitrogens is 1. The first kappa shape index (κ1) is 24.2. The van der Waals surface area contributed by atoms with Crippen molar-refractivity contribution in [2.45, 2.75) is 38.3 Å². The standard InChI is InChI=1S/C28H30F2N4O2/c29-24-6-3-7-25(30)23(24)18-36-26-15-21(16-32-27(26)31)19-8-10-20(11-9-19)28(35)34-14-4-5-22(34)17-33-12-1-2-13-33/h3,6-11,15-16,22H,1-2,4-5,12-14,17-18H2,(H2,31,32)/t22-/m1/s1. The number of likely N-dealkylation sites (tertiary alicyclic amines) is 2. The van der Waals surface area contributed by atoms with E-state index < -0.39 is 11.6 Å². The number of anilines is 1. The van der Waals surface area contributed by atoms with Gasteiger partial charge < -0.3 is 20.3 Å². The first-order chi connectivity index (χ1) is 17.5. The summed E-state index contributed by atoms with van der Waals surface area (Å²) in [5.41, 5.74) is 7.97. The van der Waals surface area contributed by atoms with Crippen molar-refractivity contribution in [3.8, 4) is 16.9 Å². The van der Waals surface area contributed by atoms with Crippen LogP contribution in [0, 0.1) is 11.6 Å². The molecule has 0 spiro atoms. The minimum Gasteiger partial charge on any atom is -0.485 e. The number of hydrogen-bond donors (Lipinski definition) is 1. The highest BCUT2D eigenvalue weighted by atomic mass is 19.1. The molecule has 2 aliphatic rings. The average Bonchev–Trinajstić information content (AvgIpc) is 3.57. The van der Waals surface area contributed by atoms with Crippen LogP contribution < -0.4 is 10.5 Å². The van der Waals surface area contributed by atoms with Gasteiger partial charge in [0.05, 0.1) is 5.56 Å². The van der Waals surface area contributed by atoms with Crippen LogP contribution in [0.15, 0.2) is 54.7 Å². The zero-order chi connectivity index (χ0) is 25.1. The SMILES string of the molecule is Nc1ncc(-c2ccc(C(=O)N3CCC[C@@H]3CN3CCCC3)cc2)cc1OCc1c(F)cccc1F. The van der Waals surface area contributed by atoms with Gasteiger partial charge in [0.2, 0.25) is 0 Å². The average molecular weight is 493 g/mol. The predicted molar refractivity (Wildman–Crippen MR) is 135 cm³/mol. The highest BCUT2D eigenvalue weighted by Gasteiger charge is 2.31. The van der Waals surface area contributed by atoms with Crippen LogP contribution in [0.2, 0.25) is 0 Å². The lowest BCUT2D eigenvalue weighted by molar-refractivity contribution is 0.0709. The molecule has 0 saturated carbocycles. The lowest BCUT2D eigenvalue weighted by Gasteiger charge is -2.28. The number of ether oxygens (including phenoxy) is 1. The van der Waals surface area contributed by atoms with E-state index in [2.05, 4.69) is 9.88 Å². The van der Waals surface area contributed by atoms with Gasteiger partial charge in [0.25, 0.3) is 5.91 Å². The first-order valence-corrected chi connectivity index (χ1v) is 12.4. The van der Waals surface area contributed by atoms with Crippen LogP contribution in [0.5, 0.6) is 5.75 Å². The van der Waals surface area contributed by atoms with Gasteiger partial charge in [0.15, 0.2) is 11.6 Å². The number of nitrogen functional groups attached to an aromatic ring is 1. The van der Waals surface area contributed by atoms with Crippen molar-refractivity contribution < 1.29 is 18.3 Å². The lowest BCUT2D eigenvalue weighted by atomic mass is 10.0. The maximum Gasteiger partial charge on any atom is 0.254 e. The molecule has 8 heteroatoms. The molecule has 0 radical (unpaired) electrons. The van der Waals surface area contributed by atoms with Crippen LogP contribution in [0.1, 0.15) is 41.6 Å². The third-order valence-electron chi connectivity index (χ3n) is 7.09. The van der Waals surface area contributed by atoms with Gasteiger partial charge in [-0.2, -0.15) is 0 Å². The highest BCUT2D eigenvalue weighted by molar-refractivity contribution is 5.95. The maximum atomic E-state index is 13.9. The van der Waals surface area contributed by atoms with E-state index in [-0.39, 0.29) is 35.7 Å². The summed E-state index contributed by atoms with van der Waals surface area (Å²) in [6, 6.07) is 13.0. The van der Waals surface area contributed by atoms with Gasteiger partial charge in [-0.05, 0) is 74.7 Å². The Hall–Kier alpha value is -3.52. The van der Waals surface area contributed by atoms with Crippen LogP contribution in [0.3, 0.4) is 0 Å². The number of rotatable bonds is 7. The number of nitrogens with zero attached hydrogens (tertiary/aromatic N) is 3. The minimum absolute atomic E-state index is 0.0645. The van der Waals surface area contributed by atoms with E-state index in [0.29, 0.717) is 5.56 Å². The Morgan fingerprint density at radius 1 is 1.00 bits per heavy atom. The number of pyridine rings is 1. The quantitative estimate of drug-likeness (QED) is 0.509. The van der Waals surface area contributed by atoms with Crippen molar-refractivity contribution in [3.63, 3.8) is 0 Å². The molecule has 2 aliphatic heterocycles. The molecule has 188 valence electrons. The molecular weight excluding hydrogens is 462 g/mol. The first-order valence-electron chi connectivity index (χ1n) is 12.4. The third-order valence-corrected chi connectivity index (χ3v) is 7.09. The number of benzene rings is 2. The summed E-state index contributed by atoms with van der Waals surface area (Å²) in [5, 5.41) is 0. The number of halogens is 2. The fourth-order valence-corrected chi connectivity index (χ4v) is 5.08. The second kappa shape index (κ2) is 10.6. The van der Waals surface area contributed by atoms with Crippen LogP contribution in [-0.4, -0.2) is 52.9 Å². The van der Waals surface area contributed by atoms with Gasteiger partial charge >= 0.3 is 0 Å². The van der Waals surface area contributed by atoms with Crippen LogP contribution >= 0.6 is 0 Å². The van der Waals surface area contributed by atoms with Crippen molar-refractivity contribution in [2.24, 2.45) is 0 Å². The molecule has 0 unspecified atom stereocenters. The summed E-state index contributed by atoms with van der Waals surface area (Å²) in [4.78, 5) is 21.9. The zero-order valence-corrected chi connectivity index (χ0v) is 20.1. The van der Waals surface area contributed by atoms with Gasteiger partial charge in [-0.3, -0.25) is 4.79 Å². The Morgan fingerprint density at radius 3 is 2.44 bits per heavy atom. The summed E-state index contributed by atoms with van der Waals surface area (Å²) in [7, 11) is 0. The molecular formula is C28H30F2N4O2. The number of carbonyl (C=O) groups excluding carboxylic acids is 1. The fourth-order valence-electron chi connectivity index (χ4n) is 5.08. The van der Waals surface area contributed by atoms with E-state index in [1.54, 1.807) is 12.3 Å². The van der Waals surface area contributed by atoms with Gasteiger partial charge in [0, 0.05) is 36.5 Å². The van der Waals surface area contributed by atoms with Crippen molar-refractivity contribution in [3.05, 3.63) is 77.5 Å². The van der Waals surface area contributed by atoms with Crippen molar-refractivity contribution in [1.29, 1.82) is 0 Å². The van der Waals surface area contributed by atoms with Crippen molar-refractivity contribution in [1.82, 2.24) is 14.8 Å². The Bertz CT molecular complexity index is 1210. The zero-order valence-electron chi connectivity index (χ0n) is 20.1. The normalized spacial score (nSPS) is 18.1. The second-order valence-electron chi connectivity index (χ2n) is 9.48. The molecule has 36 heavy (non-hydrogen) atoms. The van der Waals surface area contributed by atoms with E-state index in [4.69, 9.17) is 10.5 Å². The van der Waals surface area contributed by atoms with E-state index >= 15 is 0 Å². The molecule has 1 atom stereocenters. The smallest absolute Gasteiger partial charge is 0.254 e.